The first-order valence-electron chi connectivity index (χ1n) is 5.27. The van der Waals surface area contributed by atoms with E-state index in [2.05, 4.69) is 6.92 Å². The van der Waals surface area contributed by atoms with Gasteiger partial charge in [0.05, 0.1) is 19.8 Å². The molecule has 84 valence electrons. The summed E-state index contributed by atoms with van der Waals surface area (Å²) in [6.07, 6.45) is 0. The standard InChI is InChI=1S/C11H18O3Si/c1-2-15-14-8-7-13-9-10-5-3-4-6-11(10)12/h3-6,12H,2,7-9,15H2,1H3. The van der Waals surface area contributed by atoms with Crippen LogP contribution < -0.4 is 0 Å². The Balaban J connectivity index is 2.12. The summed E-state index contributed by atoms with van der Waals surface area (Å²) >= 11 is 0. The highest BCUT2D eigenvalue weighted by molar-refractivity contribution is 6.26. The first-order chi connectivity index (χ1) is 7.34. The molecule has 0 heterocycles. The number of phenolic OH excluding ortho intramolecular Hbond substituents is 1. The van der Waals surface area contributed by atoms with E-state index in [-0.39, 0.29) is 9.76 Å². The van der Waals surface area contributed by atoms with Gasteiger partial charge in [0.15, 0.2) is 9.76 Å². The van der Waals surface area contributed by atoms with Crippen molar-refractivity contribution in [2.45, 2.75) is 19.6 Å². The van der Waals surface area contributed by atoms with Crippen LogP contribution in [0, 0.1) is 0 Å². The molecule has 0 amide bonds. The molecule has 0 aromatic heterocycles. The Morgan fingerprint density at radius 3 is 2.80 bits per heavy atom. The highest BCUT2D eigenvalue weighted by Crippen LogP contribution is 2.15. The molecule has 0 atom stereocenters. The van der Waals surface area contributed by atoms with Crippen molar-refractivity contribution < 1.29 is 14.3 Å². The van der Waals surface area contributed by atoms with Crippen LogP contribution in [0.15, 0.2) is 24.3 Å². The summed E-state index contributed by atoms with van der Waals surface area (Å²) in [6.45, 7) is 3.85. The average molecular weight is 226 g/mol. The van der Waals surface area contributed by atoms with Crippen LogP contribution in [0.3, 0.4) is 0 Å². The number of hydrogen-bond acceptors (Lipinski definition) is 3. The average Bonchev–Trinajstić information content (AvgIpc) is 2.25. The molecule has 15 heavy (non-hydrogen) atoms. The van der Waals surface area contributed by atoms with Gasteiger partial charge in [0.25, 0.3) is 0 Å². The smallest absolute Gasteiger partial charge is 0.161 e. The summed E-state index contributed by atoms with van der Waals surface area (Å²) in [5.74, 6) is 0.293. The lowest BCUT2D eigenvalue weighted by Gasteiger charge is -2.06. The van der Waals surface area contributed by atoms with E-state index < -0.39 is 0 Å². The molecular formula is C11H18O3Si. The van der Waals surface area contributed by atoms with E-state index in [0.717, 1.165) is 5.56 Å². The normalized spacial score (nSPS) is 11.3. The van der Waals surface area contributed by atoms with Crippen molar-refractivity contribution in [3.05, 3.63) is 29.8 Å². The van der Waals surface area contributed by atoms with E-state index in [9.17, 15) is 5.11 Å². The number of rotatable bonds is 7. The first kappa shape index (κ1) is 12.2. The molecule has 4 heteroatoms. The summed E-state index contributed by atoms with van der Waals surface area (Å²) in [5, 5.41) is 9.45. The minimum atomic E-state index is -0.306. The molecule has 0 aliphatic rings. The Morgan fingerprint density at radius 1 is 1.27 bits per heavy atom. The molecule has 0 bridgehead atoms. The summed E-state index contributed by atoms with van der Waals surface area (Å²) in [6, 6.07) is 8.38. The minimum absolute atomic E-state index is 0.293. The van der Waals surface area contributed by atoms with Crippen LogP contribution in [0.5, 0.6) is 5.75 Å². The Morgan fingerprint density at radius 2 is 2.07 bits per heavy atom. The van der Waals surface area contributed by atoms with Crippen molar-refractivity contribution in [1.29, 1.82) is 0 Å². The zero-order valence-electron chi connectivity index (χ0n) is 9.11. The third-order valence-electron chi connectivity index (χ3n) is 1.97. The molecule has 1 rings (SSSR count). The van der Waals surface area contributed by atoms with Gasteiger partial charge in [0, 0.05) is 5.56 Å². The number of phenols is 1. The van der Waals surface area contributed by atoms with Gasteiger partial charge in [0.2, 0.25) is 0 Å². The summed E-state index contributed by atoms with van der Waals surface area (Å²) in [7, 11) is -0.306. The predicted octanol–water partition coefficient (Wildman–Crippen LogP) is 1.45. The Kier molecular flexibility index (Phi) is 6.07. The van der Waals surface area contributed by atoms with Crippen LogP contribution in [0.4, 0.5) is 0 Å². The fraction of sp³-hybridized carbons (Fsp3) is 0.455. The molecule has 0 unspecified atom stereocenters. The van der Waals surface area contributed by atoms with Gasteiger partial charge in [-0.3, -0.25) is 0 Å². The van der Waals surface area contributed by atoms with E-state index >= 15 is 0 Å². The van der Waals surface area contributed by atoms with Crippen LogP contribution in [0.25, 0.3) is 0 Å². The van der Waals surface area contributed by atoms with Gasteiger partial charge in [-0.2, -0.15) is 0 Å². The van der Waals surface area contributed by atoms with Crippen LogP contribution >= 0.6 is 0 Å². The van der Waals surface area contributed by atoms with E-state index in [1.54, 1.807) is 12.1 Å². The lowest BCUT2D eigenvalue weighted by Crippen LogP contribution is -2.06. The molecule has 1 aromatic carbocycles. The van der Waals surface area contributed by atoms with Gasteiger partial charge < -0.3 is 14.3 Å². The van der Waals surface area contributed by atoms with Crippen molar-refractivity contribution in [2.24, 2.45) is 0 Å². The highest BCUT2D eigenvalue weighted by atomic mass is 28.2. The predicted molar refractivity (Wildman–Crippen MR) is 62.7 cm³/mol. The van der Waals surface area contributed by atoms with Crippen molar-refractivity contribution in [1.82, 2.24) is 0 Å². The molecule has 0 aliphatic carbocycles. The van der Waals surface area contributed by atoms with Gasteiger partial charge in [0.1, 0.15) is 5.75 Å². The van der Waals surface area contributed by atoms with Crippen LogP contribution in [0.1, 0.15) is 12.5 Å². The Bertz CT molecular complexity index is 278. The Labute approximate surface area is 93.0 Å². The molecule has 0 spiro atoms. The number of ether oxygens (including phenoxy) is 1. The molecular weight excluding hydrogens is 208 g/mol. The van der Waals surface area contributed by atoms with Gasteiger partial charge in [-0.25, -0.2) is 0 Å². The molecule has 3 nitrogen and oxygen atoms in total. The largest absolute Gasteiger partial charge is 0.508 e. The second kappa shape index (κ2) is 7.45. The quantitative estimate of drug-likeness (QED) is 0.565. The molecule has 0 radical (unpaired) electrons. The fourth-order valence-electron chi connectivity index (χ4n) is 1.18. The third kappa shape index (κ3) is 4.97. The SMILES string of the molecule is CC[SiH2]OCCOCc1ccccc1O. The van der Waals surface area contributed by atoms with Crippen LogP contribution in [-0.2, 0) is 15.8 Å². The number of para-hydroxylation sites is 1. The lowest BCUT2D eigenvalue weighted by molar-refractivity contribution is 0.0889. The van der Waals surface area contributed by atoms with E-state index in [1.165, 1.54) is 6.04 Å². The van der Waals surface area contributed by atoms with Crippen molar-refractivity contribution >= 4 is 9.76 Å². The van der Waals surface area contributed by atoms with Crippen molar-refractivity contribution in [2.75, 3.05) is 13.2 Å². The zero-order chi connectivity index (χ0) is 10.9. The zero-order valence-corrected chi connectivity index (χ0v) is 10.5. The summed E-state index contributed by atoms with van der Waals surface area (Å²) in [5.41, 5.74) is 0.824. The van der Waals surface area contributed by atoms with Crippen molar-refractivity contribution in [3.8, 4) is 5.75 Å². The van der Waals surface area contributed by atoms with E-state index in [4.69, 9.17) is 9.16 Å². The molecule has 1 N–H and O–H groups in total. The van der Waals surface area contributed by atoms with Crippen LogP contribution in [-0.4, -0.2) is 28.1 Å². The molecule has 0 aliphatic heterocycles. The Hall–Kier alpha value is -0.843. The van der Waals surface area contributed by atoms with Gasteiger partial charge >= 0.3 is 0 Å². The second-order valence-corrected chi connectivity index (χ2v) is 5.11. The second-order valence-electron chi connectivity index (χ2n) is 3.29. The first-order valence-corrected chi connectivity index (χ1v) is 6.84. The number of benzene rings is 1. The molecule has 0 saturated carbocycles. The number of hydrogen-bond donors (Lipinski definition) is 1. The number of aromatic hydroxyl groups is 1. The third-order valence-corrected chi connectivity index (χ3v) is 2.96. The molecule has 0 saturated heterocycles. The van der Waals surface area contributed by atoms with Gasteiger partial charge in [-0.05, 0) is 12.1 Å². The molecule has 0 fully saturated rings. The molecule has 1 aromatic rings. The monoisotopic (exact) mass is 226 g/mol. The van der Waals surface area contributed by atoms with E-state index in [0.29, 0.717) is 25.6 Å². The summed E-state index contributed by atoms with van der Waals surface area (Å²) < 4.78 is 10.8. The minimum Gasteiger partial charge on any atom is -0.508 e. The fourth-order valence-corrected chi connectivity index (χ4v) is 1.79. The van der Waals surface area contributed by atoms with Crippen molar-refractivity contribution in [3.63, 3.8) is 0 Å². The highest BCUT2D eigenvalue weighted by Gasteiger charge is 1.98. The van der Waals surface area contributed by atoms with Gasteiger partial charge in [-0.15, -0.1) is 0 Å². The van der Waals surface area contributed by atoms with Crippen LogP contribution in [0.2, 0.25) is 6.04 Å². The van der Waals surface area contributed by atoms with E-state index in [1.807, 2.05) is 12.1 Å². The maximum Gasteiger partial charge on any atom is 0.161 e. The maximum absolute atomic E-state index is 9.45. The lowest BCUT2D eigenvalue weighted by atomic mass is 10.2. The topological polar surface area (TPSA) is 38.7 Å². The van der Waals surface area contributed by atoms with Gasteiger partial charge in [-0.1, -0.05) is 25.1 Å². The maximum atomic E-state index is 9.45. The summed E-state index contributed by atoms with van der Waals surface area (Å²) in [4.78, 5) is 0.